The van der Waals surface area contributed by atoms with Crippen molar-refractivity contribution in [3.05, 3.63) is 72.8 Å². The van der Waals surface area contributed by atoms with Crippen LogP contribution in [0, 0.1) is 0 Å². The predicted molar refractivity (Wildman–Crippen MR) is 93.2 cm³/mol. The van der Waals surface area contributed by atoms with Crippen molar-refractivity contribution in [2.75, 3.05) is 11.9 Å². The molecule has 0 saturated heterocycles. The number of hydrogen-bond donors (Lipinski definition) is 2. The van der Waals surface area contributed by atoms with Gasteiger partial charge in [-0.05, 0) is 43.3 Å². The molecule has 6 nitrogen and oxygen atoms in total. The largest absolute Gasteiger partial charge is 0.383 e. The molecule has 0 fully saturated rings. The van der Waals surface area contributed by atoms with E-state index in [1.165, 1.54) is 0 Å². The first-order chi connectivity index (χ1) is 11.7. The molecule has 0 saturated carbocycles. The van der Waals surface area contributed by atoms with E-state index in [9.17, 15) is 4.79 Å². The Morgan fingerprint density at radius 1 is 1.04 bits per heavy atom. The molecule has 1 aromatic heterocycles. The molecule has 3 rings (SSSR count). The Morgan fingerprint density at radius 2 is 1.71 bits per heavy atom. The number of nitrogens with one attached hydrogen (secondary N) is 2. The summed E-state index contributed by atoms with van der Waals surface area (Å²) in [6, 6.07) is 17.2. The second-order valence-corrected chi connectivity index (χ2v) is 5.54. The number of nitrogens with zero attached hydrogens (tertiary/aromatic N) is 3. The van der Waals surface area contributed by atoms with Crippen molar-refractivity contribution in [2.45, 2.75) is 13.0 Å². The average Bonchev–Trinajstić information content (AvgIpc) is 3.16. The van der Waals surface area contributed by atoms with Gasteiger partial charge in [-0.15, -0.1) is 10.2 Å². The minimum absolute atomic E-state index is 0.00947. The zero-order valence-electron chi connectivity index (χ0n) is 13.4. The lowest BCUT2D eigenvalue weighted by molar-refractivity contribution is 0.0942. The molecule has 0 bridgehead atoms. The third-order valence-electron chi connectivity index (χ3n) is 3.61. The molecule has 2 N–H and O–H groups in total. The fourth-order valence-electron chi connectivity index (χ4n) is 2.30. The van der Waals surface area contributed by atoms with Crippen molar-refractivity contribution < 1.29 is 4.79 Å². The Hall–Kier alpha value is -3.15. The van der Waals surface area contributed by atoms with Crippen molar-refractivity contribution in [3.8, 4) is 5.69 Å². The van der Waals surface area contributed by atoms with Crippen molar-refractivity contribution in [1.29, 1.82) is 0 Å². The summed E-state index contributed by atoms with van der Waals surface area (Å²) in [6.07, 6.45) is 3.23. The Kier molecular flexibility index (Phi) is 4.86. The quantitative estimate of drug-likeness (QED) is 0.732. The zero-order chi connectivity index (χ0) is 16.8. The van der Waals surface area contributed by atoms with Crippen LogP contribution in [0.25, 0.3) is 5.69 Å². The Morgan fingerprint density at radius 3 is 2.38 bits per heavy atom. The highest BCUT2D eigenvalue weighted by atomic mass is 16.1. The van der Waals surface area contributed by atoms with Gasteiger partial charge in [-0.2, -0.15) is 0 Å². The van der Waals surface area contributed by atoms with Crippen molar-refractivity contribution in [1.82, 2.24) is 20.1 Å². The van der Waals surface area contributed by atoms with Gasteiger partial charge in [0.05, 0.1) is 0 Å². The summed E-state index contributed by atoms with van der Waals surface area (Å²) < 4.78 is 1.79. The Balaban J connectivity index is 1.54. The summed E-state index contributed by atoms with van der Waals surface area (Å²) in [5.41, 5.74) is 2.57. The number of amides is 1. The molecule has 0 spiro atoms. The first-order valence-electron chi connectivity index (χ1n) is 7.77. The number of para-hydroxylation sites is 1. The number of rotatable bonds is 6. The lowest BCUT2D eigenvalue weighted by Crippen LogP contribution is -2.37. The third-order valence-corrected chi connectivity index (χ3v) is 3.61. The molecule has 1 heterocycles. The predicted octanol–water partition coefficient (Wildman–Crippen LogP) is 2.50. The Labute approximate surface area is 140 Å². The maximum Gasteiger partial charge on any atom is 0.251 e. The zero-order valence-corrected chi connectivity index (χ0v) is 13.4. The molecule has 0 aliphatic rings. The highest BCUT2D eigenvalue weighted by Gasteiger charge is 2.10. The molecule has 0 aliphatic carbocycles. The topological polar surface area (TPSA) is 71.8 Å². The average molecular weight is 321 g/mol. The highest BCUT2D eigenvalue weighted by molar-refractivity contribution is 5.94. The lowest BCUT2D eigenvalue weighted by atomic mass is 10.2. The normalized spacial score (nSPS) is 11.7. The van der Waals surface area contributed by atoms with Crippen LogP contribution < -0.4 is 10.6 Å². The number of benzene rings is 2. The number of hydrogen-bond acceptors (Lipinski definition) is 4. The monoisotopic (exact) mass is 321 g/mol. The van der Waals surface area contributed by atoms with E-state index in [4.69, 9.17) is 0 Å². The van der Waals surface area contributed by atoms with Crippen LogP contribution in [0.4, 0.5) is 5.69 Å². The minimum Gasteiger partial charge on any atom is -0.383 e. The van der Waals surface area contributed by atoms with Crippen molar-refractivity contribution >= 4 is 11.6 Å². The van der Waals surface area contributed by atoms with Crippen LogP contribution in [-0.4, -0.2) is 33.3 Å². The maximum absolute atomic E-state index is 12.3. The van der Waals surface area contributed by atoms with Crippen LogP contribution in [0.15, 0.2) is 67.3 Å². The summed E-state index contributed by atoms with van der Waals surface area (Å²) in [6.45, 7) is 2.63. The molecular formula is C18H19N5O. The molecule has 2 aromatic carbocycles. The summed E-state index contributed by atoms with van der Waals surface area (Å²) in [7, 11) is 0. The molecule has 1 unspecified atom stereocenters. The van der Waals surface area contributed by atoms with Crippen molar-refractivity contribution in [2.24, 2.45) is 0 Å². The van der Waals surface area contributed by atoms with E-state index in [-0.39, 0.29) is 11.9 Å². The van der Waals surface area contributed by atoms with Crippen LogP contribution in [0.2, 0.25) is 0 Å². The molecule has 6 heteroatoms. The summed E-state index contributed by atoms with van der Waals surface area (Å²) in [4.78, 5) is 12.3. The number of aromatic nitrogens is 3. The first kappa shape index (κ1) is 15.7. The number of anilines is 1. The molecule has 1 atom stereocenters. The Bertz CT molecular complexity index is 769. The fraction of sp³-hybridized carbons (Fsp3) is 0.167. The number of carbonyl (C=O) groups excluding carboxylic acids is 1. The SMILES string of the molecule is CC(CNc1ccccc1)NC(=O)c1ccc(-n2cnnc2)cc1. The van der Waals surface area contributed by atoms with Crippen LogP contribution >= 0.6 is 0 Å². The second kappa shape index (κ2) is 7.41. The van der Waals surface area contributed by atoms with Gasteiger partial charge in [-0.3, -0.25) is 9.36 Å². The van der Waals surface area contributed by atoms with E-state index in [1.54, 1.807) is 29.4 Å². The van der Waals surface area contributed by atoms with Crippen molar-refractivity contribution in [3.63, 3.8) is 0 Å². The van der Waals surface area contributed by atoms with Gasteiger partial charge in [-0.1, -0.05) is 18.2 Å². The van der Waals surface area contributed by atoms with E-state index >= 15 is 0 Å². The summed E-state index contributed by atoms with van der Waals surface area (Å²) in [5, 5.41) is 13.8. The van der Waals surface area contributed by atoms with Gasteiger partial charge in [-0.25, -0.2) is 0 Å². The maximum atomic E-state index is 12.3. The van der Waals surface area contributed by atoms with E-state index in [2.05, 4.69) is 20.8 Å². The van der Waals surface area contributed by atoms with Gasteiger partial charge in [0.1, 0.15) is 12.7 Å². The molecule has 0 aliphatic heterocycles. The molecule has 1 amide bonds. The molecule has 122 valence electrons. The smallest absolute Gasteiger partial charge is 0.251 e. The minimum atomic E-state index is -0.0901. The van der Waals surface area contributed by atoms with Crippen LogP contribution in [0.5, 0.6) is 0 Å². The summed E-state index contributed by atoms with van der Waals surface area (Å²) >= 11 is 0. The third kappa shape index (κ3) is 3.98. The molecule has 3 aromatic rings. The van der Waals surface area contributed by atoms with Gasteiger partial charge in [0.2, 0.25) is 0 Å². The highest BCUT2D eigenvalue weighted by Crippen LogP contribution is 2.09. The van der Waals surface area contributed by atoms with E-state index in [0.717, 1.165) is 11.4 Å². The standard InChI is InChI=1S/C18H19N5O/c1-14(11-19-16-5-3-2-4-6-16)22-18(24)15-7-9-17(10-8-15)23-12-20-21-13-23/h2-10,12-14,19H,11H2,1H3,(H,22,24). The van der Waals surface area contributed by atoms with Crippen LogP contribution in [-0.2, 0) is 0 Å². The van der Waals surface area contributed by atoms with Gasteiger partial charge < -0.3 is 10.6 Å². The van der Waals surface area contributed by atoms with Crippen LogP contribution in [0.3, 0.4) is 0 Å². The lowest BCUT2D eigenvalue weighted by Gasteiger charge is -2.15. The van der Waals surface area contributed by atoms with Gasteiger partial charge in [0.15, 0.2) is 0 Å². The van der Waals surface area contributed by atoms with E-state index in [1.807, 2.05) is 49.4 Å². The van der Waals surface area contributed by atoms with Gasteiger partial charge in [0, 0.05) is 29.5 Å². The fourth-order valence-corrected chi connectivity index (χ4v) is 2.30. The first-order valence-corrected chi connectivity index (χ1v) is 7.77. The van der Waals surface area contributed by atoms with E-state index in [0.29, 0.717) is 12.1 Å². The molecule has 24 heavy (non-hydrogen) atoms. The number of carbonyl (C=O) groups is 1. The molecule has 0 radical (unpaired) electrons. The molecular weight excluding hydrogens is 302 g/mol. The second-order valence-electron chi connectivity index (χ2n) is 5.54. The summed E-state index contributed by atoms with van der Waals surface area (Å²) in [5.74, 6) is -0.0901. The van der Waals surface area contributed by atoms with Gasteiger partial charge >= 0.3 is 0 Å². The van der Waals surface area contributed by atoms with Gasteiger partial charge in [0.25, 0.3) is 5.91 Å². The van der Waals surface area contributed by atoms with Crippen LogP contribution in [0.1, 0.15) is 17.3 Å². The van der Waals surface area contributed by atoms with E-state index < -0.39 is 0 Å².